The quantitative estimate of drug-likeness (QED) is 0.0514. The first-order valence-corrected chi connectivity index (χ1v) is 35.0. The first-order chi connectivity index (χ1) is 38.9. The van der Waals surface area contributed by atoms with Crippen molar-refractivity contribution in [3.05, 3.63) is 267 Å². The van der Waals surface area contributed by atoms with Crippen LogP contribution in [0.3, 0.4) is 0 Å². The summed E-state index contributed by atoms with van der Waals surface area (Å²) in [5, 5.41) is 22.6. The number of hydrogen-bond acceptors (Lipinski definition) is 0. The molecule has 0 radical (unpaired) electrons. The minimum Gasteiger partial charge on any atom is -1.00 e. The van der Waals surface area contributed by atoms with Gasteiger partial charge in [0.2, 0.25) is 0 Å². The van der Waals surface area contributed by atoms with Gasteiger partial charge in [-0.25, -0.2) is 0 Å². The van der Waals surface area contributed by atoms with Gasteiger partial charge in [0.25, 0.3) is 0 Å². The third-order valence-corrected chi connectivity index (χ3v) is 25.5. The largest absolute Gasteiger partial charge is 2.00 e. The van der Waals surface area contributed by atoms with Gasteiger partial charge < -0.3 is 24.8 Å². The van der Waals surface area contributed by atoms with Gasteiger partial charge in [0, 0.05) is 0 Å². The number of fused-ring (bicyclic) bond motifs is 4. The Bertz CT molecular complexity index is 3250. The van der Waals surface area contributed by atoms with Crippen molar-refractivity contribution in [2.75, 3.05) is 24.6 Å². The zero-order chi connectivity index (χ0) is 55.8. The van der Waals surface area contributed by atoms with Crippen LogP contribution in [0.4, 0.5) is 0 Å². The van der Waals surface area contributed by atoms with Crippen molar-refractivity contribution in [3.63, 3.8) is 0 Å². The molecule has 0 bridgehead atoms. The van der Waals surface area contributed by atoms with Crippen LogP contribution >= 0.6 is 31.7 Å². The fourth-order valence-electron chi connectivity index (χ4n) is 10.7. The van der Waals surface area contributed by atoms with Gasteiger partial charge in [-0.3, -0.25) is 0 Å². The number of rotatable bonds is 16. The second-order valence-electron chi connectivity index (χ2n) is 22.8. The zero-order valence-corrected chi connectivity index (χ0v) is 58.3. The first kappa shape index (κ1) is 70.7. The summed E-state index contributed by atoms with van der Waals surface area (Å²) in [6, 6.07) is 97.2. The van der Waals surface area contributed by atoms with E-state index in [1.807, 2.05) is 0 Å². The third-order valence-electron chi connectivity index (χ3n) is 14.1. The van der Waals surface area contributed by atoms with E-state index in [4.69, 9.17) is 0 Å². The molecule has 0 saturated heterocycles. The maximum Gasteiger partial charge on any atom is 2.00 e. The summed E-state index contributed by atoms with van der Waals surface area (Å²) < 4.78 is 0. The van der Waals surface area contributed by atoms with Crippen LogP contribution in [0.2, 0.25) is 0 Å². The van der Waals surface area contributed by atoms with E-state index in [1.165, 1.54) is 99.6 Å². The van der Waals surface area contributed by atoms with Gasteiger partial charge in [-0.05, 0) is 85.4 Å². The summed E-state index contributed by atoms with van der Waals surface area (Å²) in [4.78, 5) is 0. The maximum absolute atomic E-state index is 2.42. The molecular formula is C76H80Cl2P4Ti2-2. The van der Waals surface area contributed by atoms with Gasteiger partial charge >= 0.3 is 43.4 Å². The van der Waals surface area contributed by atoms with Crippen molar-refractivity contribution < 1.29 is 68.2 Å². The van der Waals surface area contributed by atoms with Gasteiger partial charge in [-0.1, -0.05) is 217 Å². The Morgan fingerprint density at radius 3 is 0.667 bits per heavy atom. The normalized spacial score (nSPS) is 11.0. The van der Waals surface area contributed by atoms with E-state index in [9.17, 15) is 0 Å². The Morgan fingerprint density at radius 1 is 0.262 bits per heavy atom. The first-order valence-electron chi connectivity index (χ1n) is 28.9. The smallest absolute Gasteiger partial charge is 1.00 e. The summed E-state index contributed by atoms with van der Waals surface area (Å²) in [6.07, 6.45) is 5.46. The molecule has 12 aromatic rings. The van der Waals surface area contributed by atoms with E-state index in [0.717, 1.165) is 23.7 Å². The fraction of sp³-hybridized carbons (Fsp3) is 0.211. The molecule has 0 heterocycles. The molecule has 0 spiro atoms. The van der Waals surface area contributed by atoms with Crippen LogP contribution in [0.15, 0.2) is 267 Å². The van der Waals surface area contributed by atoms with Crippen LogP contribution in [-0.4, -0.2) is 24.6 Å². The number of benzene rings is 8. The van der Waals surface area contributed by atoms with Crippen molar-refractivity contribution in [3.8, 4) is 0 Å². The van der Waals surface area contributed by atoms with Crippen LogP contribution in [-0.2, 0) is 43.4 Å². The van der Waals surface area contributed by atoms with Gasteiger partial charge in [-0.15, -0.1) is 161 Å². The number of hydrogen-bond donors (Lipinski definition) is 0. The third kappa shape index (κ3) is 20.0. The molecule has 0 nitrogen and oxygen atoms in total. The molecule has 0 aliphatic heterocycles. The van der Waals surface area contributed by atoms with Crippen molar-refractivity contribution in [2.24, 2.45) is 23.7 Å². The van der Waals surface area contributed by atoms with Crippen LogP contribution in [0, 0.1) is 23.7 Å². The standard InChI is InChI=1S/2C21H16P.2C17H24P.2ClH.2Ti/c2*1-3-11-19(12-4-1)22(20-13-5-2-6-14-20)21-15-17-9-7-8-10-18(17)16-21;2*1-13(2)11-18(12-14(3)4)17-9-15-7-5-6-8-16(15)10-17;;;;/h2*1-16H;2*5-10,13-14H,11-12H2,1-4H3;2*1H;;/q4*-1;;;2*+2/p-2. The monoisotopic (exact) mass is 1280 g/mol. The molecule has 84 heavy (non-hydrogen) atoms. The summed E-state index contributed by atoms with van der Waals surface area (Å²) in [6.45, 7) is 18.8. The van der Waals surface area contributed by atoms with E-state index in [2.05, 4.69) is 322 Å². The molecule has 428 valence electrons. The summed E-state index contributed by atoms with van der Waals surface area (Å²) >= 11 is 0. The Labute approximate surface area is 551 Å². The summed E-state index contributed by atoms with van der Waals surface area (Å²) in [5.74, 6) is 3.20. The number of halogens is 2. The van der Waals surface area contributed by atoms with Crippen LogP contribution in [0.1, 0.15) is 55.4 Å². The van der Waals surface area contributed by atoms with E-state index >= 15 is 0 Å². The topological polar surface area (TPSA) is 0 Å². The molecule has 12 rings (SSSR count). The average Bonchev–Trinajstić information content (AvgIpc) is 4.49. The predicted molar refractivity (Wildman–Crippen MR) is 368 cm³/mol. The Balaban J connectivity index is 0.000000203. The fourth-order valence-corrected chi connectivity index (χ4v) is 21.4. The molecule has 0 aliphatic carbocycles. The van der Waals surface area contributed by atoms with Gasteiger partial charge in [0.05, 0.1) is 0 Å². The molecular weight excluding hydrogens is 1200 g/mol. The maximum atomic E-state index is 2.42. The SMILES string of the molecule is CC(C)CP(CC(C)C)c1cc2ccccc2[cH-]1.CC(C)CP(CC(C)C)c1cc2ccccc2[cH-]1.[Cl-].[Cl-].[Ti+2].[Ti+2].c1ccc(P(c2ccccc2)c2cc3ccccc3[cH-]2)cc1.c1ccc(P(c2ccccc2)c2cc3ccccc3[cH-]2)cc1. The van der Waals surface area contributed by atoms with E-state index in [0.29, 0.717) is 0 Å². The Kier molecular flexibility index (Phi) is 30.0. The van der Waals surface area contributed by atoms with E-state index in [-0.39, 0.29) is 84.1 Å². The van der Waals surface area contributed by atoms with Crippen LogP contribution < -0.4 is 67.3 Å². The van der Waals surface area contributed by atoms with Gasteiger partial charge in [0.1, 0.15) is 0 Å². The van der Waals surface area contributed by atoms with E-state index in [1.54, 1.807) is 10.6 Å². The molecule has 0 saturated carbocycles. The van der Waals surface area contributed by atoms with Crippen LogP contribution in [0.5, 0.6) is 0 Å². The molecule has 0 unspecified atom stereocenters. The second-order valence-corrected chi connectivity index (χ2v) is 31.9. The Hall–Kier alpha value is -4.07. The molecule has 0 atom stereocenters. The molecule has 0 aromatic heterocycles. The molecule has 8 heteroatoms. The van der Waals surface area contributed by atoms with Crippen molar-refractivity contribution in [1.29, 1.82) is 0 Å². The average molecular weight is 1280 g/mol. The minimum absolute atomic E-state index is 0. The molecule has 0 fully saturated rings. The van der Waals surface area contributed by atoms with Gasteiger partial charge in [-0.2, -0.15) is 24.3 Å². The van der Waals surface area contributed by atoms with Crippen LogP contribution in [0.25, 0.3) is 43.1 Å². The van der Waals surface area contributed by atoms with E-state index < -0.39 is 15.8 Å². The van der Waals surface area contributed by atoms with Crippen molar-refractivity contribution >= 4 is 117 Å². The Morgan fingerprint density at radius 2 is 0.452 bits per heavy atom. The molecule has 0 amide bonds. The summed E-state index contributed by atoms with van der Waals surface area (Å²) in [5.41, 5.74) is 0. The molecule has 0 aliphatic rings. The molecule has 0 N–H and O–H groups in total. The molecule has 12 aromatic carbocycles. The second kappa shape index (κ2) is 35.7. The summed E-state index contributed by atoms with van der Waals surface area (Å²) in [7, 11) is -0.949. The van der Waals surface area contributed by atoms with Crippen molar-refractivity contribution in [1.82, 2.24) is 0 Å². The predicted octanol–water partition coefficient (Wildman–Crippen LogP) is 12.6. The minimum atomic E-state index is -0.493. The van der Waals surface area contributed by atoms with Gasteiger partial charge in [0.15, 0.2) is 0 Å². The van der Waals surface area contributed by atoms with Crippen molar-refractivity contribution in [2.45, 2.75) is 55.4 Å². The zero-order valence-electron chi connectivity index (χ0n) is 50.1.